The smallest absolute Gasteiger partial charge is 0.244 e. The Kier molecular flexibility index (Phi) is 7.86. The van der Waals surface area contributed by atoms with Crippen molar-refractivity contribution < 1.29 is 16.8 Å². The molecule has 0 amide bonds. The Morgan fingerprint density at radius 2 is 1.51 bits per heavy atom. The van der Waals surface area contributed by atoms with E-state index >= 15 is 0 Å². The maximum absolute atomic E-state index is 13.3. The third kappa shape index (κ3) is 5.78. The Balaban J connectivity index is 1.10. The lowest BCUT2D eigenvalue weighted by Gasteiger charge is -2.32. The largest absolute Gasteiger partial charge is 0.303 e. The summed E-state index contributed by atoms with van der Waals surface area (Å²) in [6.45, 7) is 5.71. The summed E-state index contributed by atoms with van der Waals surface area (Å²) in [6, 6.07) is 7.57. The van der Waals surface area contributed by atoms with Crippen molar-refractivity contribution in [3.8, 4) is 0 Å². The molecule has 0 saturated carbocycles. The second-order valence-electron chi connectivity index (χ2n) is 10.4. The summed E-state index contributed by atoms with van der Waals surface area (Å²) in [4.78, 5) is 2.91. The molecule has 1 aromatic carbocycles. The average Bonchev–Trinajstić information content (AvgIpc) is 3.63. The highest BCUT2D eigenvalue weighted by molar-refractivity contribution is 7.89. The van der Waals surface area contributed by atoms with Crippen molar-refractivity contribution in [1.29, 1.82) is 0 Å². The number of thiophene rings is 1. The summed E-state index contributed by atoms with van der Waals surface area (Å²) in [5.41, 5.74) is 0. The van der Waals surface area contributed by atoms with Crippen LogP contribution in [0.15, 0.2) is 34.5 Å². The van der Waals surface area contributed by atoms with Crippen LogP contribution in [0.2, 0.25) is 0 Å². The van der Waals surface area contributed by atoms with Crippen molar-refractivity contribution in [3.63, 3.8) is 0 Å². The minimum absolute atomic E-state index is 0.0856. The van der Waals surface area contributed by atoms with Gasteiger partial charge in [-0.2, -0.15) is 4.31 Å². The van der Waals surface area contributed by atoms with Crippen LogP contribution in [0.3, 0.4) is 0 Å². The monoisotopic (exact) mass is 539 g/mol. The zero-order chi connectivity index (χ0) is 24.5. The third-order valence-electron chi connectivity index (χ3n) is 8.12. The van der Waals surface area contributed by atoms with Crippen molar-refractivity contribution in [2.24, 2.45) is 11.8 Å². The maximum Gasteiger partial charge on any atom is 0.244 e. The molecule has 5 rings (SSSR count). The molecule has 35 heavy (non-hydrogen) atoms. The van der Waals surface area contributed by atoms with Gasteiger partial charge >= 0.3 is 0 Å². The van der Waals surface area contributed by atoms with Gasteiger partial charge in [-0.15, -0.1) is 11.3 Å². The van der Waals surface area contributed by atoms with Gasteiger partial charge in [-0.05, 0) is 82.5 Å². The van der Waals surface area contributed by atoms with Gasteiger partial charge in [0, 0.05) is 41.6 Å². The lowest BCUT2D eigenvalue weighted by molar-refractivity contribution is 0.231. The lowest BCUT2D eigenvalue weighted by Crippen LogP contribution is -2.40. The predicted molar refractivity (Wildman–Crippen MR) is 142 cm³/mol. The highest BCUT2D eigenvalue weighted by atomic mass is 32.2. The topological polar surface area (TPSA) is 78.0 Å². The van der Waals surface area contributed by atoms with Crippen molar-refractivity contribution in [3.05, 3.63) is 29.6 Å². The summed E-state index contributed by atoms with van der Waals surface area (Å²) in [5.74, 6) is 0.831. The molecule has 10 heteroatoms. The molecule has 3 aliphatic heterocycles. The standard InChI is InChI=1S/C25H37N3O4S3/c29-34(30,27-15-8-21(9-16-27)7-14-26-12-3-4-13-26)18-11-22-10-17-28(19-22)35(31,32)25-20-33-24-6-2-1-5-23(24)25/h1-2,5-6,20-22H,3-4,7-19H2. The molecule has 4 heterocycles. The van der Waals surface area contributed by atoms with Crippen molar-refractivity contribution in [1.82, 2.24) is 13.5 Å². The number of sulfonamides is 2. The predicted octanol–water partition coefficient (Wildman–Crippen LogP) is 3.83. The summed E-state index contributed by atoms with van der Waals surface area (Å²) in [6.07, 6.45) is 6.95. The number of benzene rings is 1. The van der Waals surface area contributed by atoms with E-state index in [2.05, 4.69) is 4.90 Å². The summed E-state index contributed by atoms with van der Waals surface area (Å²) < 4.78 is 56.8. The fourth-order valence-electron chi connectivity index (χ4n) is 5.84. The minimum atomic E-state index is -3.57. The average molecular weight is 540 g/mol. The quantitative estimate of drug-likeness (QED) is 0.484. The summed E-state index contributed by atoms with van der Waals surface area (Å²) in [5, 5.41) is 2.50. The molecule has 2 aromatic rings. The molecular weight excluding hydrogens is 502 g/mol. The number of piperidine rings is 1. The van der Waals surface area contributed by atoms with Crippen molar-refractivity contribution in [2.75, 3.05) is 51.6 Å². The van der Waals surface area contributed by atoms with Crippen LogP contribution in [0.1, 0.15) is 44.9 Å². The van der Waals surface area contributed by atoms with E-state index in [9.17, 15) is 16.8 Å². The first-order valence-corrected chi connectivity index (χ1v) is 16.9. The Morgan fingerprint density at radius 3 is 2.29 bits per heavy atom. The second kappa shape index (κ2) is 10.8. The van der Waals surface area contributed by atoms with E-state index in [-0.39, 0.29) is 11.7 Å². The number of fused-ring (bicyclic) bond motifs is 1. The van der Waals surface area contributed by atoms with Crippen LogP contribution in [-0.2, 0) is 20.0 Å². The molecule has 1 atom stereocenters. The van der Waals surface area contributed by atoms with Crippen LogP contribution >= 0.6 is 11.3 Å². The number of hydrogen-bond acceptors (Lipinski definition) is 6. The normalized spacial score (nSPS) is 24.1. The Bertz CT molecular complexity index is 1210. The van der Waals surface area contributed by atoms with Crippen LogP contribution in [0.5, 0.6) is 0 Å². The van der Waals surface area contributed by atoms with Crippen LogP contribution in [-0.4, -0.2) is 81.9 Å². The molecule has 0 aliphatic carbocycles. The maximum atomic E-state index is 13.3. The SMILES string of the molecule is O=S(=O)(CCC1CCN(S(=O)(=O)c2csc3ccccc23)C1)N1CCC(CCN2CCCC2)CC1. The van der Waals surface area contributed by atoms with Gasteiger partial charge in [0.25, 0.3) is 0 Å². The second-order valence-corrected chi connectivity index (χ2v) is 15.3. The van der Waals surface area contributed by atoms with E-state index in [1.54, 1.807) is 14.0 Å². The van der Waals surface area contributed by atoms with Gasteiger partial charge in [0.1, 0.15) is 4.90 Å². The number of hydrogen-bond donors (Lipinski definition) is 0. The van der Waals surface area contributed by atoms with E-state index in [1.807, 2.05) is 24.3 Å². The van der Waals surface area contributed by atoms with Gasteiger partial charge in [-0.25, -0.2) is 21.1 Å². The number of nitrogens with zero attached hydrogens (tertiary/aromatic N) is 3. The van der Waals surface area contributed by atoms with Crippen LogP contribution in [0.4, 0.5) is 0 Å². The molecule has 0 spiro atoms. The van der Waals surface area contributed by atoms with E-state index in [4.69, 9.17) is 0 Å². The van der Waals surface area contributed by atoms with Gasteiger partial charge in [0.05, 0.1) is 5.75 Å². The number of likely N-dealkylation sites (tertiary alicyclic amines) is 1. The van der Waals surface area contributed by atoms with Crippen LogP contribution in [0, 0.1) is 11.8 Å². The fraction of sp³-hybridized carbons (Fsp3) is 0.680. The first-order valence-electron chi connectivity index (χ1n) is 13.0. The molecule has 3 aliphatic rings. The molecular formula is C25H37N3O4S3. The zero-order valence-corrected chi connectivity index (χ0v) is 22.8. The van der Waals surface area contributed by atoms with Gasteiger partial charge in [-0.1, -0.05) is 18.2 Å². The Morgan fingerprint density at radius 1 is 0.829 bits per heavy atom. The van der Waals surface area contributed by atoms with Gasteiger partial charge in [0.15, 0.2) is 0 Å². The van der Waals surface area contributed by atoms with Crippen molar-refractivity contribution in [2.45, 2.75) is 49.8 Å². The molecule has 0 radical (unpaired) electrons. The first kappa shape index (κ1) is 25.6. The lowest BCUT2D eigenvalue weighted by atomic mass is 9.94. The van der Waals surface area contributed by atoms with Crippen LogP contribution < -0.4 is 0 Å². The molecule has 1 aromatic heterocycles. The Labute approximate surface area is 214 Å². The van der Waals surface area contributed by atoms with Gasteiger partial charge in [-0.3, -0.25) is 0 Å². The number of rotatable bonds is 9. The van der Waals surface area contributed by atoms with Gasteiger partial charge in [0.2, 0.25) is 20.0 Å². The molecule has 0 bridgehead atoms. The Hall–Kier alpha value is -1.04. The van der Waals surface area contributed by atoms with Crippen LogP contribution in [0.25, 0.3) is 10.1 Å². The first-order chi connectivity index (χ1) is 16.8. The van der Waals surface area contributed by atoms with E-state index in [1.165, 1.54) is 43.7 Å². The third-order valence-corrected chi connectivity index (χ3v) is 13.0. The van der Waals surface area contributed by atoms with E-state index < -0.39 is 20.0 Å². The molecule has 7 nitrogen and oxygen atoms in total. The van der Waals surface area contributed by atoms with E-state index in [0.29, 0.717) is 43.4 Å². The summed E-state index contributed by atoms with van der Waals surface area (Å²) in [7, 11) is -6.86. The highest BCUT2D eigenvalue weighted by Gasteiger charge is 2.35. The van der Waals surface area contributed by atoms with Crippen molar-refractivity contribution >= 4 is 41.5 Å². The highest BCUT2D eigenvalue weighted by Crippen LogP contribution is 2.34. The minimum Gasteiger partial charge on any atom is -0.303 e. The fourth-order valence-corrected chi connectivity index (χ4v) is 10.5. The molecule has 0 N–H and O–H groups in total. The molecule has 3 fully saturated rings. The molecule has 3 saturated heterocycles. The van der Waals surface area contributed by atoms with Gasteiger partial charge < -0.3 is 4.90 Å². The zero-order valence-electron chi connectivity index (χ0n) is 20.3. The summed E-state index contributed by atoms with van der Waals surface area (Å²) >= 11 is 1.45. The van der Waals surface area contributed by atoms with E-state index in [0.717, 1.165) is 35.9 Å². The molecule has 1 unspecified atom stereocenters. The molecule has 194 valence electrons.